The topological polar surface area (TPSA) is 87.3 Å². The molecule has 0 heterocycles. The van der Waals surface area contributed by atoms with E-state index in [9.17, 15) is 14.4 Å². The van der Waals surface area contributed by atoms with Crippen LogP contribution in [-0.2, 0) is 14.4 Å². The highest BCUT2D eigenvalue weighted by Gasteiger charge is 2.26. The lowest BCUT2D eigenvalue weighted by atomic mass is 10.0. The third-order valence-corrected chi connectivity index (χ3v) is 4.13. The Labute approximate surface area is 159 Å². The van der Waals surface area contributed by atoms with Crippen molar-refractivity contribution in [2.45, 2.75) is 98.7 Å². The van der Waals surface area contributed by atoms with Crippen LogP contribution in [-0.4, -0.2) is 35.8 Å². The molecule has 6 nitrogen and oxygen atoms in total. The van der Waals surface area contributed by atoms with Gasteiger partial charge >= 0.3 is 0 Å². The smallest absolute Gasteiger partial charge is 0.243 e. The fraction of sp³-hybridized carbons (Fsp3) is 0.850. The normalized spacial score (nSPS) is 13.6. The molecule has 26 heavy (non-hydrogen) atoms. The van der Waals surface area contributed by atoms with Crippen molar-refractivity contribution < 1.29 is 14.4 Å². The van der Waals surface area contributed by atoms with Gasteiger partial charge in [-0.1, -0.05) is 47.0 Å². The Bertz CT molecular complexity index is 448. The Morgan fingerprint density at radius 3 is 1.85 bits per heavy atom. The molecular weight excluding hydrogens is 330 g/mol. The quantitative estimate of drug-likeness (QED) is 0.462. The fourth-order valence-electron chi connectivity index (χ4n) is 2.57. The highest BCUT2D eigenvalue weighted by atomic mass is 16.2. The first kappa shape index (κ1) is 24.4. The first-order valence-corrected chi connectivity index (χ1v) is 9.94. The third kappa shape index (κ3) is 11.1. The van der Waals surface area contributed by atoms with Gasteiger partial charge in [0.1, 0.15) is 12.1 Å². The van der Waals surface area contributed by atoms with E-state index in [-0.39, 0.29) is 29.7 Å². The van der Waals surface area contributed by atoms with Crippen LogP contribution in [0.25, 0.3) is 0 Å². The standard InChI is InChI=1S/C20H39N3O3/c1-13(2)11-9-8-10-12-17(24)23-18(14(3)4)20(26)22-16(7)19(25)21-15(5)6/h13-16,18H,8-12H2,1-7H3,(H,21,25)(H,22,26)(H,23,24)/t16-,18?/m0/s1. The molecule has 0 aliphatic heterocycles. The van der Waals surface area contributed by atoms with E-state index in [0.717, 1.165) is 19.3 Å². The molecule has 0 aromatic carbocycles. The van der Waals surface area contributed by atoms with Crippen molar-refractivity contribution in [3.63, 3.8) is 0 Å². The van der Waals surface area contributed by atoms with E-state index in [1.165, 1.54) is 6.42 Å². The average molecular weight is 370 g/mol. The Kier molecular flexibility index (Phi) is 11.9. The van der Waals surface area contributed by atoms with Crippen LogP contribution in [0, 0.1) is 11.8 Å². The Hall–Kier alpha value is -1.59. The van der Waals surface area contributed by atoms with Crippen LogP contribution in [0.1, 0.15) is 80.6 Å². The number of carbonyl (C=O) groups excluding carboxylic acids is 3. The van der Waals surface area contributed by atoms with Gasteiger partial charge in [0.25, 0.3) is 0 Å². The largest absolute Gasteiger partial charge is 0.352 e. The SMILES string of the molecule is CC(C)CCCCCC(=O)NC(C(=O)N[C@@H](C)C(=O)NC(C)C)C(C)C. The van der Waals surface area contributed by atoms with Crippen molar-refractivity contribution >= 4 is 17.7 Å². The summed E-state index contributed by atoms with van der Waals surface area (Å²) < 4.78 is 0. The summed E-state index contributed by atoms with van der Waals surface area (Å²) >= 11 is 0. The summed E-state index contributed by atoms with van der Waals surface area (Å²) in [6.45, 7) is 13.5. The molecule has 0 aromatic rings. The summed E-state index contributed by atoms with van der Waals surface area (Å²) in [7, 11) is 0. The molecule has 0 aliphatic carbocycles. The van der Waals surface area contributed by atoms with Crippen molar-refractivity contribution in [2.24, 2.45) is 11.8 Å². The van der Waals surface area contributed by atoms with Crippen molar-refractivity contribution in [1.82, 2.24) is 16.0 Å². The summed E-state index contributed by atoms with van der Waals surface area (Å²) in [5.41, 5.74) is 0. The summed E-state index contributed by atoms with van der Waals surface area (Å²) in [6.07, 6.45) is 4.59. The molecule has 0 bridgehead atoms. The maximum atomic E-state index is 12.5. The second kappa shape index (κ2) is 12.7. The number of hydrogen-bond donors (Lipinski definition) is 3. The van der Waals surface area contributed by atoms with E-state index in [4.69, 9.17) is 0 Å². The number of carbonyl (C=O) groups is 3. The minimum absolute atomic E-state index is 0.0122. The van der Waals surface area contributed by atoms with Gasteiger partial charge in [0.2, 0.25) is 17.7 Å². The molecule has 152 valence electrons. The van der Waals surface area contributed by atoms with E-state index in [0.29, 0.717) is 12.3 Å². The molecule has 3 amide bonds. The van der Waals surface area contributed by atoms with Gasteiger partial charge in [-0.25, -0.2) is 0 Å². The maximum Gasteiger partial charge on any atom is 0.243 e. The maximum absolute atomic E-state index is 12.5. The molecule has 1 unspecified atom stereocenters. The lowest BCUT2D eigenvalue weighted by Gasteiger charge is -2.24. The molecule has 2 atom stereocenters. The minimum atomic E-state index is -0.640. The van der Waals surface area contributed by atoms with Crippen LogP contribution in [0.4, 0.5) is 0 Å². The zero-order valence-corrected chi connectivity index (χ0v) is 17.6. The Balaban J connectivity index is 4.42. The minimum Gasteiger partial charge on any atom is -0.352 e. The lowest BCUT2D eigenvalue weighted by molar-refractivity contribution is -0.132. The predicted molar refractivity (Wildman–Crippen MR) is 106 cm³/mol. The highest BCUT2D eigenvalue weighted by Crippen LogP contribution is 2.10. The van der Waals surface area contributed by atoms with Crippen molar-refractivity contribution in [1.29, 1.82) is 0 Å². The molecule has 3 N–H and O–H groups in total. The molecule has 0 rings (SSSR count). The molecule has 0 spiro atoms. The average Bonchev–Trinajstić information content (AvgIpc) is 2.50. The third-order valence-electron chi connectivity index (χ3n) is 4.13. The highest BCUT2D eigenvalue weighted by molar-refractivity contribution is 5.92. The van der Waals surface area contributed by atoms with Gasteiger partial charge in [0.15, 0.2) is 0 Å². The molecule has 0 saturated heterocycles. The zero-order chi connectivity index (χ0) is 20.3. The summed E-state index contributed by atoms with van der Waals surface area (Å²) in [4.78, 5) is 36.6. The second-order valence-corrected chi connectivity index (χ2v) is 8.18. The number of unbranched alkanes of at least 4 members (excludes halogenated alkanes) is 2. The number of nitrogens with one attached hydrogen (secondary N) is 3. The van der Waals surface area contributed by atoms with E-state index >= 15 is 0 Å². The van der Waals surface area contributed by atoms with Crippen LogP contribution >= 0.6 is 0 Å². The molecule has 0 aliphatic rings. The Morgan fingerprint density at radius 2 is 1.35 bits per heavy atom. The molecule has 0 radical (unpaired) electrons. The first-order chi connectivity index (χ1) is 12.0. The zero-order valence-electron chi connectivity index (χ0n) is 17.6. The van der Waals surface area contributed by atoms with E-state index < -0.39 is 12.1 Å². The van der Waals surface area contributed by atoms with Gasteiger partial charge < -0.3 is 16.0 Å². The van der Waals surface area contributed by atoms with Gasteiger partial charge in [-0.15, -0.1) is 0 Å². The summed E-state index contributed by atoms with van der Waals surface area (Å²) in [5, 5.41) is 8.28. The van der Waals surface area contributed by atoms with E-state index in [1.807, 2.05) is 27.7 Å². The molecule has 0 aromatic heterocycles. The van der Waals surface area contributed by atoms with Crippen LogP contribution in [0.15, 0.2) is 0 Å². The molecule has 0 saturated carbocycles. The van der Waals surface area contributed by atoms with Crippen molar-refractivity contribution in [3.8, 4) is 0 Å². The monoisotopic (exact) mass is 369 g/mol. The molecule has 0 fully saturated rings. The summed E-state index contributed by atoms with van der Waals surface area (Å²) in [5.74, 6) is -0.0254. The van der Waals surface area contributed by atoms with Gasteiger partial charge in [-0.2, -0.15) is 0 Å². The number of hydrogen-bond acceptors (Lipinski definition) is 3. The van der Waals surface area contributed by atoms with Crippen LogP contribution in [0.5, 0.6) is 0 Å². The lowest BCUT2D eigenvalue weighted by Crippen LogP contribution is -2.55. The van der Waals surface area contributed by atoms with Gasteiger partial charge in [0.05, 0.1) is 0 Å². The van der Waals surface area contributed by atoms with Gasteiger partial charge in [0, 0.05) is 12.5 Å². The van der Waals surface area contributed by atoms with Gasteiger partial charge in [-0.05, 0) is 39.0 Å². The van der Waals surface area contributed by atoms with Crippen LogP contribution in [0.2, 0.25) is 0 Å². The molecular formula is C20H39N3O3. The first-order valence-electron chi connectivity index (χ1n) is 9.94. The van der Waals surface area contributed by atoms with Crippen LogP contribution in [0.3, 0.4) is 0 Å². The predicted octanol–water partition coefficient (Wildman–Crippen LogP) is 2.76. The van der Waals surface area contributed by atoms with Crippen molar-refractivity contribution in [3.05, 3.63) is 0 Å². The van der Waals surface area contributed by atoms with Gasteiger partial charge in [-0.3, -0.25) is 14.4 Å². The fourth-order valence-corrected chi connectivity index (χ4v) is 2.57. The van der Waals surface area contributed by atoms with Crippen LogP contribution < -0.4 is 16.0 Å². The number of amides is 3. The van der Waals surface area contributed by atoms with E-state index in [1.54, 1.807) is 6.92 Å². The number of rotatable bonds is 12. The van der Waals surface area contributed by atoms with E-state index in [2.05, 4.69) is 29.8 Å². The summed E-state index contributed by atoms with van der Waals surface area (Å²) in [6, 6.07) is -1.26. The second-order valence-electron chi connectivity index (χ2n) is 8.18. The molecule has 6 heteroatoms. The Morgan fingerprint density at radius 1 is 0.731 bits per heavy atom. The van der Waals surface area contributed by atoms with Crippen molar-refractivity contribution in [2.75, 3.05) is 0 Å².